The zero-order valence-electron chi connectivity index (χ0n) is 21.4. The van der Waals surface area contributed by atoms with Gasteiger partial charge in [-0.05, 0) is 48.2 Å². The molecule has 0 aliphatic carbocycles. The van der Waals surface area contributed by atoms with E-state index in [0.717, 1.165) is 23.0 Å². The fraction of sp³-hybridized carbons (Fsp3) is 0.267. The van der Waals surface area contributed by atoms with Crippen molar-refractivity contribution in [3.63, 3.8) is 0 Å². The smallest absolute Gasteiger partial charge is 0.452 e. The zero-order chi connectivity index (χ0) is 27.8. The number of benzene rings is 3. The molecule has 0 fully saturated rings. The average molecular weight is 552 g/mol. The Kier molecular flexibility index (Phi) is 9.24. The summed E-state index contributed by atoms with van der Waals surface area (Å²) >= 11 is 6.01. The molecule has 3 atom stereocenters. The van der Waals surface area contributed by atoms with E-state index in [9.17, 15) is 19.8 Å². The average Bonchev–Trinajstić information content (AvgIpc) is 3.40. The van der Waals surface area contributed by atoms with E-state index in [1.54, 1.807) is 30.3 Å². The van der Waals surface area contributed by atoms with E-state index >= 15 is 0 Å². The Morgan fingerprint density at radius 3 is 2.51 bits per heavy atom. The summed E-state index contributed by atoms with van der Waals surface area (Å²) in [5.74, 6) is -5.24. The van der Waals surface area contributed by atoms with Crippen LogP contribution in [-0.2, 0) is 36.6 Å². The summed E-state index contributed by atoms with van der Waals surface area (Å²) in [4.78, 5) is 24.7. The molecule has 3 aromatic carbocycles. The summed E-state index contributed by atoms with van der Waals surface area (Å²) < 4.78 is 16.0. The van der Waals surface area contributed by atoms with Crippen molar-refractivity contribution >= 4 is 29.3 Å². The Labute approximate surface area is 231 Å². The molecule has 0 aromatic heterocycles. The predicted molar refractivity (Wildman–Crippen MR) is 146 cm³/mol. The number of carbonyl (C=O) groups is 2. The van der Waals surface area contributed by atoms with Crippen LogP contribution in [0.25, 0.3) is 5.76 Å². The second-order valence-corrected chi connectivity index (χ2v) is 9.72. The first-order valence-electron chi connectivity index (χ1n) is 12.5. The van der Waals surface area contributed by atoms with E-state index in [0.29, 0.717) is 30.0 Å². The number of carboxylic acid groups (broad SMARTS) is 1. The number of ether oxygens (including phenoxy) is 3. The molecule has 204 valence electrons. The molecule has 9 heteroatoms. The van der Waals surface area contributed by atoms with Crippen LogP contribution in [0.15, 0.2) is 85.1 Å². The first-order chi connectivity index (χ1) is 18.8. The third-order valence-electron chi connectivity index (χ3n) is 6.25. The Hall–Kier alpha value is -3.85. The topological polar surface area (TPSA) is 114 Å². The first-order valence-corrected chi connectivity index (χ1v) is 12.9. The molecule has 3 N–H and O–H groups in total. The van der Waals surface area contributed by atoms with Gasteiger partial charge in [-0.2, -0.15) is 0 Å². The predicted octanol–water partition coefficient (Wildman–Crippen LogP) is 4.51. The Bertz CT molecular complexity index is 1330. The number of aliphatic hydroxyl groups excluding tert-OH is 1. The van der Waals surface area contributed by atoms with Gasteiger partial charge in [0.25, 0.3) is 0 Å². The molecule has 1 aliphatic heterocycles. The van der Waals surface area contributed by atoms with Gasteiger partial charge >= 0.3 is 17.7 Å². The van der Waals surface area contributed by atoms with Crippen LogP contribution in [0, 0.1) is 0 Å². The number of halogens is 1. The molecule has 0 amide bonds. The minimum Gasteiger partial charge on any atom is -0.475 e. The SMILES string of the molecule is C[C@H](Cc1cccc(C2=COC(C(=O)O)(C(=O)OCCc3ccccc3)O2)c1)NC[C@@H](O)c1cccc(Cl)c1. The quantitative estimate of drug-likeness (QED) is 0.223. The highest BCUT2D eigenvalue weighted by Gasteiger charge is 2.57. The summed E-state index contributed by atoms with van der Waals surface area (Å²) in [6, 6.07) is 23.8. The molecule has 0 spiro atoms. The van der Waals surface area contributed by atoms with Crippen molar-refractivity contribution in [2.45, 2.75) is 37.7 Å². The lowest BCUT2D eigenvalue weighted by Crippen LogP contribution is -2.49. The van der Waals surface area contributed by atoms with Gasteiger partial charge in [0.15, 0.2) is 5.76 Å². The number of hydrogen-bond donors (Lipinski definition) is 3. The molecule has 0 saturated heterocycles. The molecule has 0 saturated carbocycles. The van der Waals surface area contributed by atoms with Crippen molar-refractivity contribution in [2.75, 3.05) is 13.2 Å². The van der Waals surface area contributed by atoms with E-state index in [2.05, 4.69) is 5.32 Å². The summed E-state index contributed by atoms with van der Waals surface area (Å²) in [5, 5.41) is 24.1. The van der Waals surface area contributed by atoms with Gasteiger partial charge in [-0.3, -0.25) is 0 Å². The lowest BCUT2D eigenvalue weighted by atomic mass is 10.0. The molecule has 8 nitrogen and oxygen atoms in total. The maximum Gasteiger partial charge on any atom is 0.452 e. The van der Waals surface area contributed by atoms with Crippen LogP contribution in [0.1, 0.15) is 35.3 Å². The number of carboxylic acids is 1. The van der Waals surface area contributed by atoms with Gasteiger partial charge in [0.05, 0.1) is 12.7 Å². The third kappa shape index (κ3) is 7.17. The third-order valence-corrected chi connectivity index (χ3v) is 6.48. The Morgan fingerprint density at radius 1 is 1.03 bits per heavy atom. The van der Waals surface area contributed by atoms with E-state index in [4.69, 9.17) is 25.8 Å². The van der Waals surface area contributed by atoms with Crippen molar-refractivity contribution in [3.8, 4) is 0 Å². The van der Waals surface area contributed by atoms with Gasteiger partial charge in [0.2, 0.25) is 0 Å². The Balaban J connectivity index is 1.33. The standard InChI is InChI=1S/C30H30ClNO7/c1-20(32-18-26(33)23-10-6-12-25(31)17-23)15-22-9-5-11-24(16-22)27-19-38-30(39-27,28(34)35)29(36)37-14-13-21-7-3-2-4-8-21/h2-12,16-17,19-20,26,32-33H,13-15,18H2,1H3,(H,34,35)/t20-,26-,30?/m1/s1. The second kappa shape index (κ2) is 12.8. The summed E-state index contributed by atoms with van der Waals surface area (Å²) in [6.07, 6.45) is 1.46. The molecule has 39 heavy (non-hydrogen) atoms. The minimum absolute atomic E-state index is 0.0153. The number of aliphatic carboxylic acids is 1. The number of hydrogen-bond acceptors (Lipinski definition) is 7. The van der Waals surface area contributed by atoms with Crippen LogP contribution in [0.5, 0.6) is 0 Å². The largest absolute Gasteiger partial charge is 0.475 e. The minimum atomic E-state index is -2.60. The zero-order valence-corrected chi connectivity index (χ0v) is 22.1. The monoisotopic (exact) mass is 551 g/mol. The Morgan fingerprint density at radius 2 is 1.77 bits per heavy atom. The highest BCUT2D eigenvalue weighted by molar-refractivity contribution is 6.30. The van der Waals surface area contributed by atoms with Crippen molar-refractivity contribution in [3.05, 3.63) is 112 Å². The second-order valence-electron chi connectivity index (χ2n) is 9.28. The van der Waals surface area contributed by atoms with Crippen molar-refractivity contribution in [2.24, 2.45) is 0 Å². The van der Waals surface area contributed by atoms with Crippen LogP contribution < -0.4 is 5.32 Å². The normalized spacial score (nSPS) is 17.9. The fourth-order valence-corrected chi connectivity index (χ4v) is 4.36. The van der Waals surface area contributed by atoms with E-state index in [1.807, 2.05) is 55.5 Å². The number of aliphatic hydroxyl groups is 1. The van der Waals surface area contributed by atoms with Crippen molar-refractivity contribution < 1.29 is 34.0 Å². The molecule has 0 bridgehead atoms. The van der Waals surface area contributed by atoms with Gasteiger partial charge < -0.3 is 29.7 Å². The summed E-state index contributed by atoms with van der Waals surface area (Å²) in [6.45, 7) is 2.32. The molecule has 4 rings (SSSR count). The van der Waals surface area contributed by atoms with E-state index < -0.39 is 23.8 Å². The fourth-order valence-electron chi connectivity index (χ4n) is 4.16. The lowest BCUT2D eigenvalue weighted by Gasteiger charge is -2.22. The molecule has 1 aliphatic rings. The van der Waals surface area contributed by atoms with Crippen molar-refractivity contribution in [1.29, 1.82) is 0 Å². The summed E-state index contributed by atoms with van der Waals surface area (Å²) in [7, 11) is 0. The highest BCUT2D eigenvalue weighted by atomic mass is 35.5. The number of rotatable bonds is 12. The highest BCUT2D eigenvalue weighted by Crippen LogP contribution is 2.33. The molecule has 1 unspecified atom stereocenters. The molecular formula is C30H30ClNO7. The maximum absolute atomic E-state index is 12.7. The van der Waals surface area contributed by atoms with Gasteiger partial charge in [-0.15, -0.1) is 0 Å². The van der Waals surface area contributed by atoms with Crippen LogP contribution in [0.3, 0.4) is 0 Å². The number of esters is 1. The molecular weight excluding hydrogens is 522 g/mol. The van der Waals surface area contributed by atoms with E-state index in [-0.39, 0.29) is 18.4 Å². The molecule has 1 heterocycles. The first kappa shape index (κ1) is 28.2. The van der Waals surface area contributed by atoms with Gasteiger partial charge in [-0.25, -0.2) is 9.59 Å². The van der Waals surface area contributed by atoms with Gasteiger partial charge in [0, 0.05) is 29.6 Å². The maximum atomic E-state index is 12.7. The number of nitrogens with one attached hydrogen (secondary N) is 1. The van der Waals surface area contributed by atoms with Crippen LogP contribution in [0.2, 0.25) is 5.02 Å². The molecule has 0 radical (unpaired) electrons. The van der Waals surface area contributed by atoms with Crippen LogP contribution >= 0.6 is 11.6 Å². The summed E-state index contributed by atoms with van der Waals surface area (Å²) in [5.41, 5.74) is 3.17. The van der Waals surface area contributed by atoms with E-state index in [1.165, 1.54) is 0 Å². The van der Waals surface area contributed by atoms with Crippen molar-refractivity contribution in [1.82, 2.24) is 5.32 Å². The van der Waals surface area contributed by atoms with Crippen LogP contribution in [-0.4, -0.2) is 47.1 Å². The lowest BCUT2D eigenvalue weighted by molar-refractivity contribution is -0.211. The number of carbonyl (C=O) groups excluding carboxylic acids is 1. The van der Waals surface area contributed by atoms with Gasteiger partial charge in [0.1, 0.15) is 6.26 Å². The van der Waals surface area contributed by atoms with Crippen LogP contribution in [0.4, 0.5) is 0 Å². The van der Waals surface area contributed by atoms with Gasteiger partial charge in [-0.1, -0.05) is 72.3 Å². The molecule has 3 aromatic rings.